The van der Waals surface area contributed by atoms with E-state index < -0.39 is 0 Å². The molecule has 0 atom stereocenters. The van der Waals surface area contributed by atoms with Crippen molar-refractivity contribution in [2.45, 2.75) is 13.3 Å². The zero-order valence-electron chi connectivity index (χ0n) is 13.7. The van der Waals surface area contributed by atoms with E-state index >= 15 is 0 Å². The molecule has 0 bridgehead atoms. The van der Waals surface area contributed by atoms with Crippen molar-refractivity contribution >= 4 is 16.9 Å². The average Bonchev–Trinajstić information content (AvgIpc) is 2.60. The van der Waals surface area contributed by atoms with Crippen LogP contribution in [-0.2, 0) is 0 Å². The van der Waals surface area contributed by atoms with E-state index in [2.05, 4.69) is 28.3 Å². The average molecular weight is 312 g/mol. The first-order chi connectivity index (χ1) is 11.3. The van der Waals surface area contributed by atoms with Crippen LogP contribution in [0.1, 0.15) is 13.3 Å². The summed E-state index contributed by atoms with van der Waals surface area (Å²) >= 11 is 0. The molecule has 0 spiro atoms. The second kappa shape index (κ2) is 7.42. The summed E-state index contributed by atoms with van der Waals surface area (Å²) in [6, 6.07) is 8.04. The molecule has 0 saturated carbocycles. The van der Waals surface area contributed by atoms with Crippen LogP contribution < -0.4 is 9.64 Å². The summed E-state index contributed by atoms with van der Waals surface area (Å²) in [6.07, 6.45) is 2.92. The van der Waals surface area contributed by atoms with Gasteiger partial charge in [0.1, 0.15) is 0 Å². The Labute approximate surface area is 137 Å². The van der Waals surface area contributed by atoms with E-state index in [0.29, 0.717) is 12.5 Å². The molecule has 2 aromatic rings. The molecule has 122 valence electrons. The highest BCUT2D eigenvalue weighted by Gasteiger charge is 2.20. The minimum atomic E-state index is 0.674. The van der Waals surface area contributed by atoms with Crippen LogP contribution >= 0.6 is 0 Å². The molecule has 5 nitrogen and oxygen atoms in total. The lowest BCUT2D eigenvalue weighted by Gasteiger charge is -2.34. The molecule has 1 aliphatic heterocycles. The van der Waals surface area contributed by atoms with E-state index in [9.17, 15) is 0 Å². The van der Waals surface area contributed by atoms with Gasteiger partial charge in [-0.05, 0) is 18.6 Å². The Kier molecular flexibility index (Phi) is 5.08. The molecule has 1 aliphatic rings. The number of aromatic nitrogens is 2. The van der Waals surface area contributed by atoms with Gasteiger partial charge in [0.15, 0.2) is 0 Å². The maximum atomic E-state index is 5.86. The second-order valence-corrected chi connectivity index (χ2v) is 5.77. The van der Waals surface area contributed by atoms with Crippen molar-refractivity contribution in [2.75, 3.05) is 44.2 Å². The lowest BCUT2D eigenvalue weighted by molar-refractivity contribution is 0.281. The molecule has 23 heavy (non-hydrogen) atoms. The lowest BCUT2D eigenvalue weighted by atomic mass is 10.2. The molecule has 1 aromatic heterocycles. The summed E-state index contributed by atoms with van der Waals surface area (Å²) in [6.45, 7) is 11.4. The van der Waals surface area contributed by atoms with Gasteiger partial charge in [-0.1, -0.05) is 25.1 Å². The highest BCUT2D eigenvalue weighted by Crippen LogP contribution is 2.26. The van der Waals surface area contributed by atoms with E-state index in [1.165, 1.54) is 0 Å². The number of para-hydroxylation sites is 1. The first kappa shape index (κ1) is 15.7. The van der Waals surface area contributed by atoms with Crippen LogP contribution in [0.15, 0.2) is 36.9 Å². The fourth-order valence-electron chi connectivity index (χ4n) is 2.80. The molecule has 0 unspecified atom stereocenters. The Bertz CT molecular complexity index is 665. The summed E-state index contributed by atoms with van der Waals surface area (Å²) in [5, 5.41) is 0.981. The molecule has 0 aliphatic carbocycles. The van der Waals surface area contributed by atoms with Crippen LogP contribution in [0.4, 0.5) is 5.95 Å². The van der Waals surface area contributed by atoms with Crippen molar-refractivity contribution in [1.82, 2.24) is 14.9 Å². The van der Waals surface area contributed by atoms with E-state index in [4.69, 9.17) is 9.72 Å². The number of hydrogen-bond donors (Lipinski definition) is 0. The Morgan fingerprint density at radius 1 is 1.17 bits per heavy atom. The Hall–Kier alpha value is -2.14. The largest absolute Gasteiger partial charge is 0.477 e. The molecule has 0 N–H and O–H groups in total. The van der Waals surface area contributed by atoms with Crippen LogP contribution in [-0.4, -0.2) is 54.2 Å². The van der Waals surface area contributed by atoms with Gasteiger partial charge in [-0.15, -0.1) is 6.58 Å². The van der Waals surface area contributed by atoms with Crippen molar-refractivity contribution in [1.29, 1.82) is 0 Å². The summed E-state index contributed by atoms with van der Waals surface area (Å²) < 4.78 is 5.86. The Morgan fingerprint density at radius 2 is 1.96 bits per heavy atom. The third kappa shape index (κ3) is 3.62. The smallest absolute Gasteiger partial charge is 0.229 e. The van der Waals surface area contributed by atoms with Gasteiger partial charge in [-0.2, -0.15) is 4.98 Å². The van der Waals surface area contributed by atoms with Gasteiger partial charge in [0, 0.05) is 32.7 Å². The van der Waals surface area contributed by atoms with Crippen LogP contribution in [0.25, 0.3) is 10.9 Å². The van der Waals surface area contributed by atoms with Crippen molar-refractivity contribution in [2.24, 2.45) is 0 Å². The number of rotatable bonds is 6. The van der Waals surface area contributed by atoms with Crippen LogP contribution in [0, 0.1) is 0 Å². The quantitative estimate of drug-likeness (QED) is 0.767. The SMILES string of the molecule is C=CCN1CCN(c2nc(OCCC)c3ccccc3n2)CC1. The fraction of sp³-hybridized carbons (Fsp3) is 0.444. The standard InChI is InChI=1S/C18H24N4O/c1-3-9-21-10-12-22(13-11-21)18-19-16-8-6-5-7-15(16)17(20-18)23-14-4-2/h3,5-8H,1,4,9-14H2,2H3. The minimum absolute atomic E-state index is 0.674. The maximum absolute atomic E-state index is 5.86. The van der Waals surface area contributed by atoms with E-state index in [0.717, 1.165) is 56.0 Å². The van der Waals surface area contributed by atoms with Crippen LogP contribution in [0.3, 0.4) is 0 Å². The van der Waals surface area contributed by atoms with Gasteiger partial charge in [-0.25, -0.2) is 4.98 Å². The van der Waals surface area contributed by atoms with Crippen LogP contribution in [0.2, 0.25) is 0 Å². The molecule has 2 heterocycles. The van der Waals surface area contributed by atoms with Crippen molar-refractivity contribution < 1.29 is 4.74 Å². The Morgan fingerprint density at radius 3 is 2.70 bits per heavy atom. The third-order valence-corrected chi connectivity index (χ3v) is 4.04. The molecule has 0 amide bonds. The summed E-state index contributed by atoms with van der Waals surface area (Å²) in [5.74, 6) is 1.47. The highest BCUT2D eigenvalue weighted by atomic mass is 16.5. The highest BCUT2D eigenvalue weighted by molar-refractivity contribution is 5.84. The first-order valence-corrected chi connectivity index (χ1v) is 8.29. The number of fused-ring (bicyclic) bond motifs is 1. The molecule has 3 rings (SSSR count). The zero-order valence-corrected chi connectivity index (χ0v) is 13.7. The summed E-state index contributed by atoms with van der Waals surface area (Å²) in [5.41, 5.74) is 0.942. The number of anilines is 1. The molecule has 1 aromatic carbocycles. The van der Waals surface area contributed by atoms with Gasteiger partial charge in [0.25, 0.3) is 0 Å². The van der Waals surface area contributed by atoms with Gasteiger partial charge < -0.3 is 9.64 Å². The normalized spacial score (nSPS) is 15.8. The number of hydrogen-bond acceptors (Lipinski definition) is 5. The van der Waals surface area contributed by atoms with Gasteiger partial charge in [0.2, 0.25) is 11.8 Å². The minimum Gasteiger partial charge on any atom is -0.477 e. The monoisotopic (exact) mass is 312 g/mol. The number of ether oxygens (including phenoxy) is 1. The fourth-order valence-corrected chi connectivity index (χ4v) is 2.80. The summed E-state index contributed by atoms with van der Waals surface area (Å²) in [7, 11) is 0. The third-order valence-electron chi connectivity index (χ3n) is 4.04. The van der Waals surface area contributed by atoms with Crippen molar-refractivity contribution in [3.05, 3.63) is 36.9 Å². The molecular formula is C18H24N4O. The molecular weight excluding hydrogens is 288 g/mol. The van der Waals surface area contributed by atoms with E-state index in [1.807, 2.05) is 30.3 Å². The number of piperazine rings is 1. The molecule has 0 radical (unpaired) electrons. The van der Waals surface area contributed by atoms with E-state index in [-0.39, 0.29) is 0 Å². The number of benzene rings is 1. The van der Waals surface area contributed by atoms with Crippen LogP contribution in [0.5, 0.6) is 5.88 Å². The Balaban J connectivity index is 1.84. The van der Waals surface area contributed by atoms with Crippen molar-refractivity contribution in [3.8, 4) is 5.88 Å². The second-order valence-electron chi connectivity index (χ2n) is 5.77. The molecule has 1 saturated heterocycles. The maximum Gasteiger partial charge on any atom is 0.229 e. The predicted octanol–water partition coefficient (Wildman–Crippen LogP) is 2.73. The van der Waals surface area contributed by atoms with Gasteiger partial charge in [-0.3, -0.25) is 4.90 Å². The molecule has 5 heteroatoms. The van der Waals surface area contributed by atoms with Gasteiger partial charge in [0.05, 0.1) is 17.5 Å². The van der Waals surface area contributed by atoms with E-state index in [1.54, 1.807) is 0 Å². The first-order valence-electron chi connectivity index (χ1n) is 8.29. The topological polar surface area (TPSA) is 41.5 Å². The lowest BCUT2D eigenvalue weighted by Crippen LogP contribution is -2.46. The predicted molar refractivity (Wildman–Crippen MR) is 94.2 cm³/mol. The van der Waals surface area contributed by atoms with Crippen molar-refractivity contribution in [3.63, 3.8) is 0 Å². The van der Waals surface area contributed by atoms with Gasteiger partial charge >= 0.3 is 0 Å². The molecule has 1 fully saturated rings. The number of nitrogens with zero attached hydrogens (tertiary/aromatic N) is 4. The summed E-state index contributed by atoms with van der Waals surface area (Å²) in [4.78, 5) is 14.1. The zero-order chi connectivity index (χ0) is 16.1.